The van der Waals surface area contributed by atoms with Crippen LogP contribution in [-0.2, 0) is 0 Å². The normalized spacial score (nSPS) is 26.8. The van der Waals surface area contributed by atoms with Crippen molar-refractivity contribution in [2.24, 2.45) is 11.8 Å². The fraction of sp³-hybridized carbons (Fsp3) is 0.600. The summed E-state index contributed by atoms with van der Waals surface area (Å²) in [5.74, 6) is 1.31. The molecule has 1 atom stereocenters. The summed E-state index contributed by atoms with van der Waals surface area (Å²) in [6, 6.07) is 6.34. The van der Waals surface area contributed by atoms with E-state index in [2.05, 4.69) is 54.6 Å². The van der Waals surface area contributed by atoms with Crippen molar-refractivity contribution in [1.82, 2.24) is 0 Å². The van der Waals surface area contributed by atoms with E-state index in [0.29, 0.717) is 5.92 Å². The lowest BCUT2D eigenvalue weighted by molar-refractivity contribution is 0.0755. The molecule has 0 aliphatic heterocycles. The van der Waals surface area contributed by atoms with Gasteiger partial charge in [0.05, 0.1) is 6.10 Å². The Bertz CT molecular complexity index is 381. The van der Waals surface area contributed by atoms with Gasteiger partial charge >= 0.3 is 0 Å². The minimum atomic E-state index is -0.267. The van der Waals surface area contributed by atoms with Gasteiger partial charge in [0.1, 0.15) is 0 Å². The maximum atomic E-state index is 10.4. The van der Waals surface area contributed by atoms with Crippen LogP contribution in [0.25, 0.3) is 0 Å². The summed E-state index contributed by atoms with van der Waals surface area (Å²) in [6.45, 7) is 4.43. The standard InChI is InChI=1S/C15H21IO/c1-10-3-6-12(7-4-10)15(17)13-8-5-11(2)14(16)9-13/h5,8-10,12,15,17H,3-4,6-7H2,1-2H3. The molecule has 0 bridgehead atoms. The molecule has 94 valence electrons. The Labute approximate surface area is 118 Å². The molecule has 0 saturated heterocycles. The van der Waals surface area contributed by atoms with Crippen molar-refractivity contribution in [2.45, 2.75) is 45.6 Å². The SMILES string of the molecule is Cc1ccc(C(O)C2CCC(C)CC2)cc1I. The van der Waals surface area contributed by atoms with E-state index in [4.69, 9.17) is 0 Å². The second kappa shape index (κ2) is 5.70. The van der Waals surface area contributed by atoms with Gasteiger partial charge in [-0.25, -0.2) is 0 Å². The first-order valence-corrected chi connectivity index (χ1v) is 7.60. The van der Waals surface area contributed by atoms with Gasteiger partial charge in [-0.15, -0.1) is 0 Å². The number of aryl methyl sites for hydroxylation is 1. The summed E-state index contributed by atoms with van der Waals surface area (Å²) in [5, 5.41) is 10.4. The first-order chi connectivity index (χ1) is 8.08. The zero-order valence-corrected chi connectivity index (χ0v) is 12.8. The maximum Gasteiger partial charge on any atom is 0.0818 e. The van der Waals surface area contributed by atoms with Gasteiger partial charge in [-0.1, -0.05) is 31.9 Å². The first-order valence-electron chi connectivity index (χ1n) is 6.52. The van der Waals surface area contributed by atoms with Crippen molar-refractivity contribution in [3.05, 3.63) is 32.9 Å². The van der Waals surface area contributed by atoms with Crippen molar-refractivity contribution < 1.29 is 5.11 Å². The maximum absolute atomic E-state index is 10.4. The zero-order valence-electron chi connectivity index (χ0n) is 10.6. The highest BCUT2D eigenvalue weighted by atomic mass is 127. The van der Waals surface area contributed by atoms with E-state index in [0.717, 1.165) is 11.5 Å². The van der Waals surface area contributed by atoms with Gasteiger partial charge < -0.3 is 5.11 Å². The molecule has 0 heterocycles. The Morgan fingerprint density at radius 3 is 2.47 bits per heavy atom. The van der Waals surface area contributed by atoms with Gasteiger partial charge in [-0.05, 0) is 71.4 Å². The minimum Gasteiger partial charge on any atom is -0.388 e. The van der Waals surface area contributed by atoms with Gasteiger partial charge in [0, 0.05) is 3.57 Å². The molecule has 0 radical (unpaired) electrons. The molecule has 1 unspecified atom stereocenters. The van der Waals surface area contributed by atoms with Crippen LogP contribution >= 0.6 is 22.6 Å². The van der Waals surface area contributed by atoms with Crippen LogP contribution in [0.15, 0.2) is 18.2 Å². The lowest BCUT2D eigenvalue weighted by Crippen LogP contribution is -2.19. The molecule has 0 amide bonds. The Kier molecular flexibility index (Phi) is 4.47. The molecule has 1 N–H and O–H groups in total. The fourth-order valence-corrected chi connectivity index (χ4v) is 3.21. The number of hydrogen-bond acceptors (Lipinski definition) is 1. The number of halogens is 1. The smallest absolute Gasteiger partial charge is 0.0818 e. The predicted octanol–water partition coefficient (Wildman–Crippen LogP) is 4.46. The summed E-state index contributed by atoms with van der Waals surface area (Å²) < 4.78 is 1.25. The lowest BCUT2D eigenvalue weighted by atomic mass is 9.78. The van der Waals surface area contributed by atoms with Crippen LogP contribution in [-0.4, -0.2) is 5.11 Å². The number of hydrogen-bond donors (Lipinski definition) is 1. The van der Waals surface area contributed by atoms with Crippen molar-refractivity contribution in [2.75, 3.05) is 0 Å². The largest absolute Gasteiger partial charge is 0.388 e. The van der Waals surface area contributed by atoms with E-state index in [1.54, 1.807) is 0 Å². The van der Waals surface area contributed by atoms with Crippen LogP contribution in [0.1, 0.15) is 49.8 Å². The van der Waals surface area contributed by atoms with Gasteiger partial charge in [0.15, 0.2) is 0 Å². The Morgan fingerprint density at radius 2 is 1.88 bits per heavy atom. The predicted molar refractivity (Wildman–Crippen MR) is 80.0 cm³/mol. The molecule has 1 aliphatic rings. The average molecular weight is 344 g/mol. The average Bonchev–Trinajstić information content (AvgIpc) is 2.33. The molecule has 2 heteroatoms. The van der Waals surface area contributed by atoms with E-state index >= 15 is 0 Å². The van der Waals surface area contributed by atoms with Gasteiger partial charge in [0.25, 0.3) is 0 Å². The minimum absolute atomic E-state index is 0.267. The highest BCUT2D eigenvalue weighted by Crippen LogP contribution is 2.37. The van der Waals surface area contributed by atoms with Crippen molar-refractivity contribution in [1.29, 1.82) is 0 Å². The van der Waals surface area contributed by atoms with Gasteiger partial charge in [-0.3, -0.25) is 0 Å². The molecule has 17 heavy (non-hydrogen) atoms. The lowest BCUT2D eigenvalue weighted by Gasteiger charge is -2.30. The second-order valence-corrected chi connectivity index (χ2v) is 6.64. The molecule has 1 aromatic carbocycles. The summed E-state index contributed by atoms with van der Waals surface area (Å²) in [5.41, 5.74) is 2.39. The van der Waals surface area contributed by atoms with E-state index in [1.165, 1.54) is 34.8 Å². The number of rotatable bonds is 2. The van der Waals surface area contributed by atoms with E-state index in [9.17, 15) is 5.11 Å². The van der Waals surface area contributed by atoms with E-state index in [1.807, 2.05) is 0 Å². The van der Waals surface area contributed by atoms with Crippen molar-refractivity contribution in [3.8, 4) is 0 Å². The molecule has 0 aromatic heterocycles. The molecule has 1 nitrogen and oxygen atoms in total. The molecule has 1 fully saturated rings. The van der Waals surface area contributed by atoms with Crippen LogP contribution < -0.4 is 0 Å². The van der Waals surface area contributed by atoms with Crippen molar-refractivity contribution >= 4 is 22.6 Å². The molecule has 2 rings (SSSR count). The van der Waals surface area contributed by atoms with E-state index in [-0.39, 0.29) is 6.10 Å². The molecule has 0 spiro atoms. The topological polar surface area (TPSA) is 20.2 Å². The highest BCUT2D eigenvalue weighted by Gasteiger charge is 2.25. The Morgan fingerprint density at radius 1 is 1.24 bits per heavy atom. The zero-order chi connectivity index (χ0) is 12.4. The Balaban J connectivity index is 2.08. The third kappa shape index (κ3) is 3.22. The van der Waals surface area contributed by atoms with Crippen molar-refractivity contribution in [3.63, 3.8) is 0 Å². The molecular weight excluding hydrogens is 323 g/mol. The van der Waals surface area contributed by atoms with Crippen LogP contribution in [0.2, 0.25) is 0 Å². The summed E-state index contributed by atoms with van der Waals surface area (Å²) in [6.07, 6.45) is 4.62. The summed E-state index contributed by atoms with van der Waals surface area (Å²) >= 11 is 2.35. The van der Waals surface area contributed by atoms with Crippen LogP contribution in [0, 0.1) is 22.3 Å². The van der Waals surface area contributed by atoms with E-state index < -0.39 is 0 Å². The summed E-state index contributed by atoms with van der Waals surface area (Å²) in [4.78, 5) is 0. The number of benzene rings is 1. The number of aliphatic hydroxyl groups is 1. The number of aliphatic hydroxyl groups excluding tert-OH is 1. The molecule has 1 saturated carbocycles. The molecule has 1 aromatic rings. The van der Waals surface area contributed by atoms with Crippen LogP contribution in [0.3, 0.4) is 0 Å². The second-order valence-electron chi connectivity index (χ2n) is 5.47. The van der Waals surface area contributed by atoms with Gasteiger partial charge in [0.2, 0.25) is 0 Å². The fourth-order valence-electron chi connectivity index (χ4n) is 2.67. The highest BCUT2D eigenvalue weighted by molar-refractivity contribution is 14.1. The monoisotopic (exact) mass is 344 g/mol. The third-order valence-corrected chi connectivity index (χ3v) is 5.21. The van der Waals surface area contributed by atoms with Crippen LogP contribution in [0.5, 0.6) is 0 Å². The molecule has 1 aliphatic carbocycles. The first kappa shape index (κ1) is 13.3. The van der Waals surface area contributed by atoms with Gasteiger partial charge in [-0.2, -0.15) is 0 Å². The summed E-state index contributed by atoms with van der Waals surface area (Å²) in [7, 11) is 0. The third-order valence-electron chi connectivity index (χ3n) is 4.04. The molecular formula is C15H21IO. The quantitative estimate of drug-likeness (QED) is 0.786. The Hall–Kier alpha value is -0.0900. The van der Waals surface area contributed by atoms with Crippen LogP contribution in [0.4, 0.5) is 0 Å².